The molecular formula is C28H23F4N3O4S. The lowest BCUT2D eigenvalue weighted by atomic mass is 9.92. The third-order valence-corrected chi connectivity index (χ3v) is 8.11. The number of halogens is 4. The maximum Gasteiger partial charge on any atom is 0.490 e. The molecule has 2 aliphatic rings. The zero-order valence-electron chi connectivity index (χ0n) is 20.9. The Morgan fingerprint density at radius 1 is 1.05 bits per heavy atom. The lowest BCUT2D eigenvalue weighted by Crippen LogP contribution is -2.49. The molecule has 3 heterocycles. The Bertz CT molecular complexity index is 1570. The second-order valence-electron chi connectivity index (χ2n) is 9.85. The van der Waals surface area contributed by atoms with E-state index in [-0.39, 0.29) is 17.2 Å². The average molecular weight is 574 g/mol. The number of hydrogen-bond donors (Lipinski definition) is 2. The van der Waals surface area contributed by atoms with Crippen molar-refractivity contribution in [3.63, 3.8) is 0 Å². The molecule has 40 heavy (non-hydrogen) atoms. The zero-order chi connectivity index (χ0) is 28.7. The van der Waals surface area contributed by atoms with Gasteiger partial charge in [0.1, 0.15) is 16.3 Å². The number of nitrogens with zero attached hydrogens (tertiary/aromatic N) is 3. The quantitative estimate of drug-likeness (QED) is 0.284. The van der Waals surface area contributed by atoms with Crippen molar-refractivity contribution in [2.24, 2.45) is 5.92 Å². The molecule has 0 spiro atoms. The summed E-state index contributed by atoms with van der Waals surface area (Å²) in [4.78, 5) is 31.3. The molecule has 2 N–H and O–H groups in total. The monoisotopic (exact) mass is 573 g/mol. The minimum absolute atomic E-state index is 0.0109. The molecule has 12 heteroatoms. The standard InChI is InChI=1S/C26H22FN3O2S.C2HF3O2/c27-20-10-16(13-30-14-17(15-30)25(31)32)6-7-19(20)24-29-21-12-28-23(11-22(21)33-24)26(8-9-26)18-4-2-1-3-5-18;3-2(4,5)1(6)7/h1-7,10-12,17H,8-9,13-15H2,(H,31,32);(H,6,7). The molecule has 1 saturated carbocycles. The van der Waals surface area contributed by atoms with Crippen LogP contribution in [0.4, 0.5) is 17.6 Å². The topological polar surface area (TPSA) is 104 Å². The number of pyridine rings is 1. The summed E-state index contributed by atoms with van der Waals surface area (Å²) in [5.41, 5.74) is 4.44. The van der Waals surface area contributed by atoms with Crippen LogP contribution >= 0.6 is 11.3 Å². The van der Waals surface area contributed by atoms with Gasteiger partial charge in [-0.25, -0.2) is 14.2 Å². The molecule has 208 valence electrons. The summed E-state index contributed by atoms with van der Waals surface area (Å²) in [6.45, 7) is 1.57. The summed E-state index contributed by atoms with van der Waals surface area (Å²) in [5.74, 6) is -4.14. The normalized spacial score (nSPS) is 16.6. The number of carboxylic acid groups (broad SMARTS) is 2. The largest absolute Gasteiger partial charge is 0.490 e. The van der Waals surface area contributed by atoms with E-state index in [9.17, 15) is 22.4 Å². The number of thiazole rings is 1. The van der Waals surface area contributed by atoms with Gasteiger partial charge in [0.15, 0.2) is 0 Å². The number of rotatable bonds is 6. The molecule has 0 radical (unpaired) electrons. The molecule has 2 aromatic heterocycles. The third-order valence-electron chi connectivity index (χ3n) is 7.06. The van der Waals surface area contributed by atoms with Gasteiger partial charge in [-0.05, 0) is 42.2 Å². The van der Waals surface area contributed by atoms with E-state index in [1.54, 1.807) is 6.07 Å². The Labute approximate surface area is 229 Å². The third kappa shape index (κ3) is 5.68. The van der Waals surface area contributed by atoms with Crippen LogP contribution < -0.4 is 0 Å². The van der Waals surface area contributed by atoms with Crippen LogP contribution in [-0.2, 0) is 21.5 Å². The Morgan fingerprint density at radius 3 is 2.30 bits per heavy atom. The Balaban J connectivity index is 0.000000411. The Morgan fingerprint density at radius 2 is 1.73 bits per heavy atom. The smallest absolute Gasteiger partial charge is 0.481 e. The van der Waals surface area contributed by atoms with Crippen LogP contribution in [-0.4, -0.2) is 56.3 Å². The highest BCUT2D eigenvalue weighted by molar-refractivity contribution is 7.21. The molecular weight excluding hydrogens is 550 g/mol. The first-order chi connectivity index (χ1) is 19.0. The van der Waals surface area contributed by atoms with Gasteiger partial charge >= 0.3 is 18.1 Å². The van der Waals surface area contributed by atoms with E-state index in [0.29, 0.717) is 30.2 Å². The van der Waals surface area contributed by atoms with Crippen LogP contribution in [0.2, 0.25) is 0 Å². The highest BCUT2D eigenvalue weighted by Crippen LogP contribution is 2.53. The first-order valence-electron chi connectivity index (χ1n) is 12.3. The SMILES string of the molecule is O=C(O)C(F)(F)F.O=C(O)C1CN(Cc2ccc(-c3nc4cnc(C5(c6ccccc6)CC5)cc4s3)c(F)c2)C1. The molecule has 7 nitrogen and oxygen atoms in total. The van der Waals surface area contributed by atoms with Crippen molar-refractivity contribution < 1.29 is 37.4 Å². The molecule has 2 aromatic carbocycles. The molecule has 1 aliphatic carbocycles. The van der Waals surface area contributed by atoms with Crippen LogP contribution in [0.25, 0.3) is 20.8 Å². The summed E-state index contributed by atoms with van der Waals surface area (Å²) in [6, 6.07) is 17.8. The molecule has 2 fully saturated rings. The number of hydrogen-bond acceptors (Lipinski definition) is 6. The van der Waals surface area contributed by atoms with Crippen LogP contribution in [0.15, 0.2) is 60.8 Å². The van der Waals surface area contributed by atoms with E-state index in [4.69, 9.17) is 20.0 Å². The van der Waals surface area contributed by atoms with Gasteiger partial charge in [0.25, 0.3) is 0 Å². The van der Waals surface area contributed by atoms with Gasteiger partial charge in [0.05, 0.1) is 22.5 Å². The number of carboxylic acids is 2. The minimum Gasteiger partial charge on any atom is -0.481 e. The molecule has 0 amide bonds. The van der Waals surface area contributed by atoms with Crippen molar-refractivity contribution in [1.82, 2.24) is 14.9 Å². The van der Waals surface area contributed by atoms with Gasteiger partial charge < -0.3 is 10.2 Å². The summed E-state index contributed by atoms with van der Waals surface area (Å²) in [6.07, 6.45) is -1.11. The number of aliphatic carboxylic acids is 2. The highest BCUT2D eigenvalue weighted by Gasteiger charge is 2.47. The zero-order valence-corrected chi connectivity index (χ0v) is 21.7. The van der Waals surface area contributed by atoms with E-state index < -0.39 is 18.1 Å². The molecule has 1 saturated heterocycles. The number of benzene rings is 2. The molecule has 6 rings (SSSR count). The highest BCUT2D eigenvalue weighted by atomic mass is 32.1. The van der Waals surface area contributed by atoms with Gasteiger partial charge in [-0.2, -0.15) is 13.2 Å². The van der Waals surface area contributed by atoms with Crippen LogP contribution in [0.3, 0.4) is 0 Å². The van der Waals surface area contributed by atoms with Crippen LogP contribution in [0.1, 0.15) is 29.7 Å². The van der Waals surface area contributed by atoms with Gasteiger partial charge in [-0.15, -0.1) is 11.3 Å². The van der Waals surface area contributed by atoms with E-state index in [2.05, 4.69) is 35.3 Å². The van der Waals surface area contributed by atoms with Crippen molar-refractivity contribution in [2.75, 3.05) is 13.1 Å². The van der Waals surface area contributed by atoms with Gasteiger partial charge in [0.2, 0.25) is 0 Å². The summed E-state index contributed by atoms with van der Waals surface area (Å²) in [5, 5.41) is 16.8. The molecule has 1 aliphatic heterocycles. The summed E-state index contributed by atoms with van der Waals surface area (Å²) < 4.78 is 47.7. The average Bonchev–Trinajstić information content (AvgIpc) is 3.59. The Hall–Kier alpha value is -3.90. The fraction of sp³-hybridized carbons (Fsp3) is 0.286. The number of fused-ring (bicyclic) bond motifs is 1. The molecule has 0 atom stereocenters. The maximum atomic E-state index is 15.0. The van der Waals surface area contributed by atoms with E-state index in [1.807, 2.05) is 23.2 Å². The van der Waals surface area contributed by atoms with E-state index in [1.165, 1.54) is 23.0 Å². The van der Waals surface area contributed by atoms with E-state index in [0.717, 1.165) is 34.3 Å². The predicted octanol–water partition coefficient (Wildman–Crippen LogP) is 5.73. The first-order valence-corrected chi connectivity index (χ1v) is 13.1. The summed E-state index contributed by atoms with van der Waals surface area (Å²) in [7, 11) is 0. The Kier molecular flexibility index (Phi) is 7.32. The molecule has 4 aromatic rings. The predicted molar refractivity (Wildman–Crippen MR) is 139 cm³/mol. The second-order valence-corrected chi connectivity index (χ2v) is 10.9. The van der Waals surface area contributed by atoms with Crippen LogP contribution in [0.5, 0.6) is 0 Å². The van der Waals surface area contributed by atoms with Crippen LogP contribution in [0, 0.1) is 11.7 Å². The minimum atomic E-state index is -5.08. The number of likely N-dealkylation sites (tertiary alicyclic amines) is 1. The van der Waals surface area contributed by atoms with Gasteiger partial charge in [-0.3, -0.25) is 14.7 Å². The van der Waals surface area contributed by atoms with Crippen molar-refractivity contribution in [1.29, 1.82) is 0 Å². The van der Waals surface area contributed by atoms with Crippen molar-refractivity contribution >= 4 is 33.5 Å². The number of carbonyl (C=O) groups is 2. The van der Waals surface area contributed by atoms with Gasteiger partial charge in [0, 0.05) is 30.6 Å². The van der Waals surface area contributed by atoms with Crippen molar-refractivity contribution in [2.45, 2.75) is 31.0 Å². The molecule has 0 bridgehead atoms. The number of aromatic nitrogens is 2. The first kappa shape index (κ1) is 27.7. The van der Waals surface area contributed by atoms with Crippen molar-refractivity contribution in [3.8, 4) is 10.6 Å². The summed E-state index contributed by atoms with van der Waals surface area (Å²) >= 11 is 1.49. The fourth-order valence-corrected chi connectivity index (χ4v) is 5.73. The maximum absolute atomic E-state index is 15.0. The number of alkyl halides is 3. The van der Waals surface area contributed by atoms with E-state index >= 15 is 0 Å². The lowest BCUT2D eigenvalue weighted by Gasteiger charge is -2.36. The second kappa shape index (κ2) is 10.6. The fourth-order valence-electron chi connectivity index (χ4n) is 4.73. The lowest BCUT2D eigenvalue weighted by molar-refractivity contribution is -0.192. The molecule has 0 unspecified atom stereocenters. The van der Waals surface area contributed by atoms with Gasteiger partial charge in [-0.1, -0.05) is 36.4 Å². The van der Waals surface area contributed by atoms with Crippen molar-refractivity contribution in [3.05, 3.63) is 83.4 Å².